The summed E-state index contributed by atoms with van der Waals surface area (Å²) >= 11 is 1.60. The number of rotatable bonds is 4. The molecule has 1 saturated carbocycles. The molecular formula is C21H28N2O2S. The summed E-state index contributed by atoms with van der Waals surface area (Å²) in [6, 6.07) is 10.8. The lowest BCUT2D eigenvalue weighted by molar-refractivity contribution is -0.144. The Labute approximate surface area is 160 Å². The van der Waals surface area contributed by atoms with Crippen molar-refractivity contribution >= 4 is 23.6 Å². The van der Waals surface area contributed by atoms with Crippen molar-refractivity contribution in [1.29, 1.82) is 0 Å². The van der Waals surface area contributed by atoms with Crippen LogP contribution in [0.1, 0.15) is 43.6 Å². The molecule has 1 aromatic rings. The van der Waals surface area contributed by atoms with Crippen molar-refractivity contribution in [3.8, 4) is 0 Å². The second-order valence-corrected chi connectivity index (χ2v) is 9.04. The Morgan fingerprint density at radius 3 is 2.50 bits per heavy atom. The van der Waals surface area contributed by atoms with Gasteiger partial charge in [0.05, 0.1) is 11.7 Å². The number of nitrogens with zero attached hydrogens (tertiary/aromatic N) is 2. The van der Waals surface area contributed by atoms with Crippen molar-refractivity contribution < 1.29 is 9.59 Å². The third-order valence-electron chi connectivity index (χ3n) is 6.36. The number of piperidine rings is 2. The van der Waals surface area contributed by atoms with Gasteiger partial charge in [0.1, 0.15) is 0 Å². The molecule has 0 N–H and O–H groups in total. The molecule has 3 aliphatic rings. The van der Waals surface area contributed by atoms with Crippen LogP contribution >= 0.6 is 11.8 Å². The fraction of sp³-hybridized carbons (Fsp3) is 0.619. The molecule has 140 valence electrons. The van der Waals surface area contributed by atoms with Crippen LogP contribution < -0.4 is 0 Å². The van der Waals surface area contributed by atoms with Gasteiger partial charge in [-0.2, -0.15) is 11.8 Å². The van der Waals surface area contributed by atoms with Gasteiger partial charge in [0.2, 0.25) is 11.8 Å². The predicted octanol–water partition coefficient (Wildman–Crippen LogP) is 3.14. The molecular weight excluding hydrogens is 344 g/mol. The van der Waals surface area contributed by atoms with Crippen LogP contribution in [-0.2, 0) is 9.59 Å². The third kappa shape index (κ3) is 3.51. The van der Waals surface area contributed by atoms with Gasteiger partial charge in [-0.3, -0.25) is 9.59 Å². The van der Waals surface area contributed by atoms with E-state index in [1.54, 1.807) is 11.8 Å². The van der Waals surface area contributed by atoms with E-state index in [9.17, 15) is 9.59 Å². The highest BCUT2D eigenvalue weighted by Crippen LogP contribution is 2.48. The minimum Gasteiger partial charge on any atom is -0.342 e. The van der Waals surface area contributed by atoms with E-state index in [2.05, 4.69) is 17.0 Å². The fourth-order valence-electron chi connectivity index (χ4n) is 4.67. The van der Waals surface area contributed by atoms with E-state index in [1.807, 2.05) is 29.4 Å². The van der Waals surface area contributed by atoms with Gasteiger partial charge in [0.25, 0.3) is 0 Å². The van der Waals surface area contributed by atoms with Crippen molar-refractivity contribution in [1.82, 2.24) is 9.80 Å². The average molecular weight is 373 g/mol. The lowest BCUT2D eigenvalue weighted by Crippen LogP contribution is -2.55. The van der Waals surface area contributed by atoms with Gasteiger partial charge in [0, 0.05) is 25.7 Å². The van der Waals surface area contributed by atoms with Gasteiger partial charge in [-0.15, -0.1) is 0 Å². The number of amides is 2. The summed E-state index contributed by atoms with van der Waals surface area (Å²) in [6.07, 6.45) is 7.26. The lowest BCUT2D eigenvalue weighted by Gasteiger charge is -2.50. The van der Waals surface area contributed by atoms with Gasteiger partial charge < -0.3 is 9.80 Å². The first-order valence-electron chi connectivity index (χ1n) is 9.74. The molecule has 1 atom stereocenters. The minimum absolute atomic E-state index is 0.0148. The molecule has 1 aromatic carbocycles. The second-order valence-electron chi connectivity index (χ2n) is 8.18. The number of carbonyl (C=O) groups excluding carboxylic acids is 2. The molecule has 0 unspecified atom stereocenters. The maximum absolute atomic E-state index is 13.1. The van der Waals surface area contributed by atoms with Crippen molar-refractivity contribution in [2.75, 3.05) is 31.6 Å². The van der Waals surface area contributed by atoms with E-state index in [-0.39, 0.29) is 17.2 Å². The number of likely N-dealkylation sites (tertiary alicyclic amines) is 2. The molecule has 5 heteroatoms. The van der Waals surface area contributed by atoms with E-state index in [1.165, 1.54) is 0 Å². The van der Waals surface area contributed by atoms with E-state index < -0.39 is 0 Å². The first kappa shape index (κ1) is 17.9. The molecule has 4 rings (SSSR count). The highest BCUT2D eigenvalue weighted by molar-refractivity contribution is 7.99. The maximum atomic E-state index is 13.1. The van der Waals surface area contributed by atoms with Crippen molar-refractivity contribution in [2.24, 2.45) is 5.41 Å². The number of hydrogen-bond donors (Lipinski definition) is 0. The monoisotopic (exact) mass is 372 g/mol. The van der Waals surface area contributed by atoms with Gasteiger partial charge in [-0.25, -0.2) is 0 Å². The summed E-state index contributed by atoms with van der Waals surface area (Å²) in [6.45, 7) is 2.57. The quantitative estimate of drug-likeness (QED) is 0.815. The molecule has 2 aliphatic heterocycles. The van der Waals surface area contributed by atoms with E-state index in [0.717, 1.165) is 57.3 Å². The van der Waals surface area contributed by atoms with Crippen LogP contribution in [0.4, 0.5) is 0 Å². The zero-order valence-corrected chi connectivity index (χ0v) is 16.3. The van der Waals surface area contributed by atoms with Gasteiger partial charge in [-0.05, 0) is 49.3 Å². The summed E-state index contributed by atoms with van der Waals surface area (Å²) in [7, 11) is 0. The molecule has 1 aliphatic carbocycles. The Balaban J connectivity index is 1.53. The average Bonchev–Trinajstić information content (AvgIpc) is 3.50. The van der Waals surface area contributed by atoms with E-state index in [4.69, 9.17) is 0 Å². The zero-order chi connectivity index (χ0) is 18.1. The van der Waals surface area contributed by atoms with Gasteiger partial charge in [-0.1, -0.05) is 30.3 Å². The number of thioether (sulfide) groups is 1. The van der Waals surface area contributed by atoms with Crippen LogP contribution in [0.5, 0.6) is 0 Å². The number of benzene rings is 1. The maximum Gasteiger partial charge on any atom is 0.232 e. The van der Waals surface area contributed by atoms with E-state index in [0.29, 0.717) is 17.7 Å². The molecule has 3 fully saturated rings. The van der Waals surface area contributed by atoms with Crippen LogP contribution in [0.15, 0.2) is 30.3 Å². The molecule has 1 spiro atoms. The van der Waals surface area contributed by atoms with Crippen LogP contribution in [-0.4, -0.2) is 59.3 Å². The Hall–Kier alpha value is -1.49. The molecule has 2 amide bonds. The summed E-state index contributed by atoms with van der Waals surface area (Å²) in [5.41, 5.74) is 1.33. The van der Waals surface area contributed by atoms with Gasteiger partial charge >= 0.3 is 0 Å². The summed E-state index contributed by atoms with van der Waals surface area (Å²) in [4.78, 5) is 29.6. The van der Waals surface area contributed by atoms with Crippen molar-refractivity contribution in [3.05, 3.63) is 35.9 Å². The zero-order valence-electron chi connectivity index (χ0n) is 15.5. The first-order chi connectivity index (χ1) is 12.6. The topological polar surface area (TPSA) is 40.6 Å². The largest absolute Gasteiger partial charge is 0.342 e. The molecule has 0 bridgehead atoms. The standard InChI is InChI=1S/C21H28N2O2S/c1-26-14-19(24)22-11-9-21(10-12-22)13-18(16-5-3-2-4-6-16)20(25)23(15-21)17-7-8-17/h2-6,17-18H,7-15H2,1H3/t18-/m0/s1. The van der Waals surface area contributed by atoms with Crippen LogP contribution in [0, 0.1) is 5.41 Å². The van der Waals surface area contributed by atoms with Gasteiger partial charge in [0.15, 0.2) is 0 Å². The molecule has 0 radical (unpaired) electrons. The number of hydrogen-bond acceptors (Lipinski definition) is 3. The molecule has 26 heavy (non-hydrogen) atoms. The Bertz CT molecular complexity index is 666. The highest BCUT2D eigenvalue weighted by atomic mass is 32.2. The summed E-state index contributed by atoms with van der Waals surface area (Å²) in [5, 5.41) is 0. The molecule has 2 saturated heterocycles. The first-order valence-corrected chi connectivity index (χ1v) is 11.1. The second kappa shape index (κ2) is 7.26. The van der Waals surface area contributed by atoms with Crippen LogP contribution in [0.2, 0.25) is 0 Å². The smallest absolute Gasteiger partial charge is 0.232 e. The Morgan fingerprint density at radius 1 is 1.19 bits per heavy atom. The lowest BCUT2D eigenvalue weighted by atomic mass is 9.67. The molecule has 2 heterocycles. The molecule has 4 nitrogen and oxygen atoms in total. The summed E-state index contributed by atoms with van der Waals surface area (Å²) < 4.78 is 0. The highest BCUT2D eigenvalue weighted by Gasteiger charge is 2.49. The van der Waals surface area contributed by atoms with Crippen LogP contribution in [0.25, 0.3) is 0 Å². The molecule has 0 aromatic heterocycles. The van der Waals surface area contributed by atoms with E-state index >= 15 is 0 Å². The Kier molecular flexibility index (Phi) is 5.00. The van der Waals surface area contributed by atoms with Crippen molar-refractivity contribution in [2.45, 2.75) is 44.1 Å². The normalized spacial score (nSPS) is 25.6. The minimum atomic E-state index is -0.0148. The predicted molar refractivity (Wildman–Crippen MR) is 105 cm³/mol. The summed E-state index contributed by atoms with van der Waals surface area (Å²) in [5.74, 6) is 1.15. The Morgan fingerprint density at radius 2 is 1.88 bits per heavy atom. The fourth-order valence-corrected chi connectivity index (χ4v) is 5.10. The third-order valence-corrected chi connectivity index (χ3v) is 6.89. The SMILES string of the molecule is CSCC(=O)N1CCC2(CC1)C[C@@H](c1ccccc1)C(=O)N(C1CC1)C2. The van der Waals surface area contributed by atoms with Crippen molar-refractivity contribution in [3.63, 3.8) is 0 Å². The number of carbonyl (C=O) groups is 2. The van der Waals surface area contributed by atoms with Crippen LogP contribution in [0.3, 0.4) is 0 Å².